The quantitative estimate of drug-likeness (QED) is 0.0204. The van der Waals surface area contributed by atoms with Crippen molar-refractivity contribution in [3.63, 3.8) is 0 Å². The summed E-state index contributed by atoms with van der Waals surface area (Å²) in [6.45, 7) is 2.75. The molecule has 1 amide bonds. The van der Waals surface area contributed by atoms with E-state index in [-0.39, 0.29) is 12.5 Å². The Labute approximate surface area is 522 Å². The van der Waals surface area contributed by atoms with Crippen LogP contribution in [0.1, 0.15) is 258 Å². The molecule has 0 radical (unpaired) electrons. The highest BCUT2D eigenvalue weighted by Gasteiger charge is 2.51. The Balaban J connectivity index is 1.62. The molecule has 2 saturated heterocycles. The number of unbranched alkanes of at least 4 members (excludes halogenated alkanes) is 26. The molecule has 0 aromatic rings. The molecule has 0 aromatic carbocycles. The molecule has 12 atom stereocenters. The van der Waals surface area contributed by atoms with Gasteiger partial charge < -0.3 is 65.1 Å². The van der Waals surface area contributed by atoms with Crippen LogP contribution in [0.15, 0.2) is 97.2 Å². The Bertz CT molecular complexity index is 1810. The van der Waals surface area contributed by atoms with E-state index in [0.29, 0.717) is 12.8 Å². The topological polar surface area (TPSA) is 228 Å². The molecule has 0 aromatic heterocycles. The fourth-order valence-electron chi connectivity index (χ4n) is 10.8. The molecule has 14 heteroatoms. The average Bonchev–Trinajstić information content (AvgIpc) is 1.83. The third kappa shape index (κ3) is 39.8. The molecule has 14 nitrogen and oxygen atoms in total. The maximum atomic E-state index is 13.3. The summed E-state index contributed by atoms with van der Waals surface area (Å²) in [6, 6.07) is -0.835. The minimum Gasteiger partial charge on any atom is -0.394 e. The molecule has 2 fully saturated rings. The zero-order valence-corrected chi connectivity index (χ0v) is 53.8. The number of rotatable bonds is 55. The molecular weight excluding hydrogens is 1090 g/mol. The summed E-state index contributed by atoms with van der Waals surface area (Å²) >= 11 is 0. The molecule has 2 aliphatic heterocycles. The van der Waals surface area contributed by atoms with E-state index in [4.69, 9.17) is 18.9 Å². The van der Waals surface area contributed by atoms with Crippen LogP contribution in [0, 0.1) is 0 Å². The van der Waals surface area contributed by atoms with Crippen molar-refractivity contribution in [2.75, 3.05) is 19.8 Å². The SMILES string of the molecule is CC/C=C\C/C=C\C/C=C\C/C=C\C/C=C\C/C=C\C/C=C\C/C=C\CCCCCCCCCCCCCCC(=O)NC(COC1OC(CO)C(OC2OC(CO)C(O)C(O)C2O)C(O)C1O)C(O)CCCCCCCCCCCCCCCCC. The van der Waals surface area contributed by atoms with Gasteiger partial charge in [0.25, 0.3) is 0 Å². The zero-order chi connectivity index (χ0) is 62.3. The highest BCUT2D eigenvalue weighted by Crippen LogP contribution is 2.30. The van der Waals surface area contributed by atoms with Crippen LogP contribution in [-0.2, 0) is 23.7 Å². The number of allylic oxidation sites excluding steroid dienone is 16. The second-order valence-corrected chi connectivity index (χ2v) is 23.9. The van der Waals surface area contributed by atoms with Crippen LogP contribution in [0.4, 0.5) is 0 Å². The molecule has 12 unspecified atom stereocenters. The number of ether oxygens (including phenoxy) is 4. The molecule has 0 aliphatic carbocycles. The van der Waals surface area contributed by atoms with Crippen molar-refractivity contribution in [2.24, 2.45) is 0 Å². The summed E-state index contributed by atoms with van der Waals surface area (Å²) in [7, 11) is 0. The number of carbonyl (C=O) groups excluding carboxylic acids is 1. The van der Waals surface area contributed by atoms with Crippen molar-refractivity contribution < 1.29 is 64.6 Å². The molecular formula is C72H125NO13. The lowest BCUT2D eigenvalue weighted by molar-refractivity contribution is -0.359. The van der Waals surface area contributed by atoms with Gasteiger partial charge in [-0.2, -0.15) is 0 Å². The summed E-state index contributed by atoms with van der Waals surface area (Å²) in [5.74, 6) is -0.211. The Morgan fingerprint density at radius 2 is 0.802 bits per heavy atom. The smallest absolute Gasteiger partial charge is 0.220 e. The van der Waals surface area contributed by atoms with E-state index < -0.39 is 86.8 Å². The van der Waals surface area contributed by atoms with E-state index in [1.54, 1.807) is 0 Å². The molecule has 9 N–H and O–H groups in total. The highest BCUT2D eigenvalue weighted by atomic mass is 16.7. The number of hydrogen-bond acceptors (Lipinski definition) is 13. The number of hydrogen-bond donors (Lipinski definition) is 9. The molecule has 496 valence electrons. The predicted octanol–water partition coefficient (Wildman–Crippen LogP) is 13.8. The van der Waals surface area contributed by atoms with Crippen LogP contribution in [0.25, 0.3) is 0 Å². The van der Waals surface area contributed by atoms with Crippen LogP contribution in [0.2, 0.25) is 0 Å². The molecule has 86 heavy (non-hydrogen) atoms. The van der Waals surface area contributed by atoms with Crippen LogP contribution < -0.4 is 5.32 Å². The van der Waals surface area contributed by atoms with E-state index in [9.17, 15) is 45.6 Å². The number of carbonyl (C=O) groups is 1. The zero-order valence-electron chi connectivity index (χ0n) is 53.8. The summed E-state index contributed by atoms with van der Waals surface area (Å²) in [5.41, 5.74) is 0. The standard InChI is InChI=1S/C72H125NO13/c1-3-5-7-9-11-13-15-17-19-20-21-22-23-24-25-26-27-28-29-30-31-32-33-34-35-36-37-38-39-40-42-44-46-48-50-52-54-56-64(77)73-60(61(76)55-53-51-49-47-45-43-41-18-16-14-12-10-8-6-4-2)59-83-71-69(82)67(80)70(63(58-75)85-71)86-72-68(81)66(79)65(78)62(57-74)84-72/h5,7,11,13,17,19,21-22,24-25,27-28,30-31,33-34,60-63,65-72,74-76,78-82H,3-4,6,8-10,12,14-16,18,20,23,26,29,32,35-59H2,1-2H3,(H,73,77)/b7-5-,13-11-,19-17-,22-21-,25-24-,28-27-,31-30-,34-33-. The van der Waals surface area contributed by atoms with Crippen LogP contribution >= 0.6 is 0 Å². The highest BCUT2D eigenvalue weighted by molar-refractivity contribution is 5.76. The first kappa shape index (κ1) is 79.0. The fraction of sp³-hybridized carbons (Fsp3) is 0.764. The van der Waals surface area contributed by atoms with Crippen LogP contribution in [-0.4, -0.2) is 140 Å². The van der Waals surface area contributed by atoms with Gasteiger partial charge in [0.05, 0.1) is 32.0 Å². The minimum atomic E-state index is -1.79. The minimum absolute atomic E-state index is 0.211. The largest absolute Gasteiger partial charge is 0.394 e. The summed E-state index contributed by atoms with van der Waals surface area (Å²) < 4.78 is 22.9. The monoisotopic (exact) mass is 1210 g/mol. The summed E-state index contributed by atoms with van der Waals surface area (Å²) in [4.78, 5) is 13.3. The van der Waals surface area contributed by atoms with Gasteiger partial charge in [-0.15, -0.1) is 0 Å². The van der Waals surface area contributed by atoms with E-state index in [0.717, 1.165) is 109 Å². The average molecular weight is 1210 g/mol. The van der Waals surface area contributed by atoms with Crippen molar-refractivity contribution in [1.82, 2.24) is 5.32 Å². The molecule has 0 spiro atoms. The van der Waals surface area contributed by atoms with Crippen molar-refractivity contribution >= 4 is 5.91 Å². The molecule has 2 heterocycles. The van der Waals surface area contributed by atoms with Gasteiger partial charge >= 0.3 is 0 Å². The lowest BCUT2D eigenvalue weighted by Gasteiger charge is -2.46. The molecule has 0 saturated carbocycles. The van der Waals surface area contributed by atoms with Crippen LogP contribution in [0.3, 0.4) is 0 Å². The maximum absolute atomic E-state index is 13.3. The van der Waals surface area contributed by atoms with Gasteiger partial charge in [-0.25, -0.2) is 0 Å². The van der Waals surface area contributed by atoms with Crippen molar-refractivity contribution in [1.29, 1.82) is 0 Å². The van der Waals surface area contributed by atoms with Gasteiger partial charge in [-0.1, -0.05) is 272 Å². The second kappa shape index (κ2) is 55.9. The second-order valence-electron chi connectivity index (χ2n) is 23.9. The molecule has 2 rings (SSSR count). The number of amides is 1. The van der Waals surface area contributed by atoms with Gasteiger partial charge in [-0.3, -0.25) is 4.79 Å². The normalized spacial score (nSPS) is 24.0. The van der Waals surface area contributed by atoms with E-state index in [1.165, 1.54) is 122 Å². The number of nitrogens with one attached hydrogen (secondary N) is 1. The van der Waals surface area contributed by atoms with Gasteiger partial charge in [0.1, 0.15) is 48.8 Å². The molecule has 2 aliphatic rings. The predicted molar refractivity (Wildman–Crippen MR) is 350 cm³/mol. The first-order valence-corrected chi connectivity index (χ1v) is 34.5. The van der Waals surface area contributed by atoms with E-state index in [1.807, 2.05) is 0 Å². The Kier molecular flexibility index (Phi) is 51.4. The Morgan fingerprint density at radius 1 is 0.430 bits per heavy atom. The first-order valence-electron chi connectivity index (χ1n) is 34.5. The van der Waals surface area contributed by atoms with E-state index in [2.05, 4.69) is 116 Å². The number of aliphatic hydroxyl groups excluding tert-OH is 8. The summed E-state index contributed by atoms with van der Waals surface area (Å²) in [6.07, 6.45) is 61.3. The summed E-state index contributed by atoms with van der Waals surface area (Å²) in [5, 5.41) is 87.4. The third-order valence-electron chi connectivity index (χ3n) is 16.3. The number of aliphatic hydroxyl groups is 8. The van der Waals surface area contributed by atoms with E-state index >= 15 is 0 Å². The van der Waals surface area contributed by atoms with Crippen molar-refractivity contribution in [3.8, 4) is 0 Å². The van der Waals surface area contributed by atoms with Crippen molar-refractivity contribution in [2.45, 2.75) is 331 Å². The third-order valence-corrected chi connectivity index (χ3v) is 16.3. The van der Waals surface area contributed by atoms with Gasteiger partial charge in [0.2, 0.25) is 5.91 Å². The molecule has 0 bridgehead atoms. The Hall–Kier alpha value is -3.09. The lowest BCUT2D eigenvalue weighted by atomic mass is 9.97. The van der Waals surface area contributed by atoms with Crippen LogP contribution in [0.5, 0.6) is 0 Å². The van der Waals surface area contributed by atoms with Gasteiger partial charge in [0.15, 0.2) is 12.6 Å². The first-order chi connectivity index (χ1) is 42.1. The lowest BCUT2D eigenvalue weighted by Crippen LogP contribution is -2.65. The van der Waals surface area contributed by atoms with Gasteiger partial charge in [0, 0.05) is 6.42 Å². The fourth-order valence-corrected chi connectivity index (χ4v) is 10.8. The maximum Gasteiger partial charge on any atom is 0.220 e. The van der Waals surface area contributed by atoms with Crippen molar-refractivity contribution in [3.05, 3.63) is 97.2 Å². The van der Waals surface area contributed by atoms with Gasteiger partial charge in [-0.05, 0) is 77.0 Å². The Morgan fingerprint density at radius 3 is 1.23 bits per heavy atom.